The minimum absolute atomic E-state index is 0.100. The molecule has 0 aliphatic carbocycles. The van der Waals surface area contributed by atoms with Crippen molar-refractivity contribution in [3.63, 3.8) is 0 Å². The summed E-state index contributed by atoms with van der Waals surface area (Å²) in [5.74, 6) is -0.287. The number of aromatic nitrogens is 1. The zero-order valence-electron chi connectivity index (χ0n) is 23.6. The molecule has 2 aliphatic rings. The topological polar surface area (TPSA) is 128 Å². The lowest BCUT2D eigenvalue weighted by molar-refractivity contribution is -0.123. The number of primary amides is 1. The molecule has 3 heterocycles. The molecule has 0 radical (unpaired) electrons. The average Bonchev–Trinajstić information content (AvgIpc) is 3.41. The summed E-state index contributed by atoms with van der Waals surface area (Å²) < 4.78 is 31.2. The molecule has 12 heteroatoms. The fraction of sp³-hybridized carbons (Fsp3) is 0.333. The van der Waals surface area contributed by atoms with Crippen LogP contribution in [0.3, 0.4) is 0 Å². The monoisotopic (exact) mass is 577 g/mol. The molecule has 2 unspecified atom stereocenters. The maximum absolute atomic E-state index is 15.2. The summed E-state index contributed by atoms with van der Waals surface area (Å²) in [5.41, 5.74) is 6.95. The summed E-state index contributed by atoms with van der Waals surface area (Å²) in [7, 11) is 3.04. The first-order chi connectivity index (χ1) is 20.2. The number of hydrogen-bond acceptors (Lipinski definition) is 8. The van der Waals surface area contributed by atoms with Gasteiger partial charge in [0.25, 0.3) is 5.91 Å². The minimum atomic E-state index is -0.696. The van der Waals surface area contributed by atoms with Crippen molar-refractivity contribution in [3.05, 3.63) is 66.1 Å². The number of nitrogens with two attached hydrogens (primary N) is 1. The smallest absolute Gasteiger partial charge is 0.414 e. The van der Waals surface area contributed by atoms with Crippen molar-refractivity contribution in [3.8, 4) is 22.6 Å². The number of ether oxygens (including phenoxy) is 3. The predicted octanol–water partition coefficient (Wildman–Crippen LogP) is 3.31. The number of rotatable bonds is 8. The Hall–Kier alpha value is -4.87. The van der Waals surface area contributed by atoms with E-state index in [2.05, 4.69) is 9.88 Å². The van der Waals surface area contributed by atoms with Crippen molar-refractivity contribution in [2.24, 2.45) is 11.7 Å². The second-order valence-electron chi connectivity index (χ2n) is 10.1. The number of amides is 3. The molecule has 0 spiro atoms. The van der Waals surface area contributed by atoms with Gasteiger partial charge in [-0.2, -0.15) is 0 Å². The molecule has 2 fully saturated rings. The molecular weight excluding hydrogens is 545 g/mol. The average molecular weight is 578 g/mol. The molecule has 3 amide bonds. The number of piperazine rings is 1. The van der Waals surface area contributed by atoms with E-state index in [0.717, 1.165) is 0 Å². The van der Waals surface area contributed by atoms with Crippen LogP contribution in [0.15, 0.2) is 54.7 Å². The molecule has 2 aliphatic heterocycles. The maximum Gasteiger partial charge on any atom is 0.414 e. The van der Waals surface area contributed by atoms with Gasteiger partial charge in [-0.1, -0.05) is 6.07 Å². The van der Waals surface area contributed by atoms with Gasteiger partial charge in [0.05, 0.1) is 32.4 Å². The predicted molar refractivity (Wildman–Crippen MR) is 153 cm³/mol. The first kappa shape index (κ1) is 28.7. The summed E-state index contributed by atoms with van der Waals surface area (Å²) in [5, 5.41) is 0. The van der Waals surface area contributed by atoms with Crippen molar-refractivity contribution < 1.29 is 33.0 Å². The minimum Gasteiger partial charge on any atom is -0.496 e. The Morgan fingerprint density at radius 3 is 2.31 bits per heavy atom. The summed E-state index contributed by atoms with van der Waals surface area (Å²) >= 11 is 0. The van der Waals surface area contributed by atoms with Crippen molar-refractivity contribution in [1.29, 1.82) is 0 Å². The number of benzene rings is 2. The number of nitrogens with zero attached hydrogens (tertiary/aromatic N) is 4. The van der Waals surface area contributed by atoms with Gasteiger partial charge in [-0.25, -0.2) is 14.2 Å². The van der Waals surface area contributed by atoms with Gasteiger partial charge in [-0.3, -0.25) is 14.5 Å². The van der Waals surface area contributed by atoms with Crippen LogP contribution < -0.4 is 25.0 Å². The molecule has 0 bridgehead atoms. The van der Waals surface area contributed by atoms with E-state index in [0.29, 0.717) is 65.9 Å². The lowest BCUT2D eigenvalue weighted by atomic mass is 10.0. The van der Waals surface area contributed by atoms with Gasteiger partial charge < -0.3 is 29.7 Å². The summed E-state index contributed by atoms with van der Waals surface area (Å²) in [6.07, 6.45) is 0.243. The van der Waals surface area contributed by atoms with Crippen LogP contribution >= 0.6 is 0 Å². The Kier molecular flexibility index (Phi) is 8.14. The molecule has 11 nitrogen and oxygen atoms in total. The first-order valence-electron chi connectivity index (χ1n) is 13.5. The van der Waals surface area contributed by atoms with Gasteiger partial charge in [0.15, 0.2) is 0 Å². The molecule has 2 saturated heterocycles. The number of methoxy groups -OCH3 is 2. The van der Waals surface area contributed by atoms with Gasteiger partial charge in [0, 0.05) is 43.5 Å². The second-order valence-corrected chi connectivity index (χ2v) is 10.1. The van der Waals surface area contributed by atoms with E-state index in [4.69, 9.17) is 19.9 Å². The van der Waals surface area contributed by atoms with Crippen LogP contribution in [0, 0.1) is 11.7 Å². The Morgan fingerprint density at radius 1 is 1.05 bits per heavy atom. The Balaban J connectivity index is 1.23. The third kappa shape index (κ3) is 5.52. The normalized spacial score (nSPS) is 17.6. The number of halogens is 1. The van der Waals surface area contributed by atoms with Crippen molar-refractivity contribution in [2.45, 2.75) is 13.0 Å². The van der Waals surface area contributed by atoms with Gasteiger partial charge in [-0.05, 0) is 49.4 Å². The van der Waals surface area contributed by atoms with Crippen LogP contribution in [0.5, 0.6) is 11.5 Å². The number of pyridine rings is 1. The van der Waals surface area contributed by atoms with Gasteiger partial charge in [0.2, 0.25) is 5.91 Å². The van der Waals surface area contributed by atoms with Crippen molar-refractivity contribution in [2.75, 3.05) is 56.7 Å². The Morgan fingerprint density at radius 2 is 1.74 bits per heavy atom. The van der Waals surface area contributed by atoms with Crippen LogP contribution in [0.1, 0.15) is 17.3 Å². The molecule has 5 rings (SSSR count). The van der Waals surface area contributed by atoms with Crippen LogP contribution in [0.4, 0.5) is 20.7 Å². The molecule has 0 saturated carbocycles. The van der Waals surface area contributed by atoms with Crippen LogP contribution in [0.25, 0.3) is 11.1 Å². The summed E-state index contributed by atoms with van der Waals surface area (Å²) in [6, 6.07) is 13.3. The number of anilines is 2. The van der Waals surface area contributed by atoms with Gasteiger partial charge in [-0.15, -0.1) is 0 Å². The fourth-order valence-electron chi connectivity index (χ4n) is 5.14. The fourth-order valence-corrected chi connectivity index (χ4v) is 5.14. The number of carbonyl (C=O) groups is 3. The number of cyclic esters (lactones) is 1. The lowest BCUT2D eigenvalue weighted by Crippen LogP contribution is -2.49. The van der Waals surface area contributed by atoms with E-state index < -0.39 is 29.8 Å². The Labute approximate surface area is 242 Å². The summed E-state index contributed by atoms with van der Waals surface area (Å²) in [4.78, 5) is 46.7. The van der Waals surface area contributed by atoms with E-state index >= 15 is 4.39 Å². The molecule has 1 aromatic heterocycles. The Bertz CT molecular complexity index is 1470. The number of hydrogen-bond donors (Lipinski definition) is 1. The molecule has 2 aromatic carbocycles. The molecule has 220 valence electrons. The number of carbonyl (C=O) groups excluding carboxylic acids is 3. The van der Waals surface area contributed by atoms with E-state index in [1.165, 1.54) is 25.2 Å². The van der Waals surface area contributed by atoms with Gasteiger partial charge >= 0.3 is 6.09 Å². The third-order valence-corrected chi connectivity index (χ3v) is 7.70. The van der Waals surface area contributed by atoms with Crippen molar-refractivity contribution >= 4 is 29.4 Å². The zero-order chi connectivity index (χ0) is 30.0. The maximum atomic E-state index is 15.2. The lowest BCUT2D eigenvalue weighted by Gasteiger charge is -2.35. The molecule has 2 N–H and O–H groups in total. The van der Waals surface area contributed by atoms with E-state index in [-0.39, 0.29) is 12.5 Å². The summed E-state index contributed by atoms with van der Waals surface area (Å²) in [6.45, 7) is 3.79. The van der Waals surface area contributed by atoms with Gasteiger partial charge in [0.1, 0.15) is 34.8 Å². The highest BCUT2D eigenvalue weighted by atomic mass is 19.1. The zero-order valence-corrected chi connectivity index (χ0v) is 23.6. The standard InChI is InChI=1S/C30H32FN5O6/c1-18(28(32)37)25-17-36(30(39)42-25)20-8-9-21(22(31)15-20)19-7-10-26(33-16-19)34-11-13-35(14-12-34)29(38)27-23(40-2)5-4-6-24(27)41-3/h4-10,15-16,18,25H,11-14,17H2,1-3H3,(H2,32,37). The highest BCUT2D eigenvalue weighted by molar-refractivity contribution is 6.00. The van der Waals surface area contributed by atoms with E-state index in [1.807, 2.05) is 6.07 Å². The molecular formula is C30H32FN5O6. The SMILES string of the molecule is COc1cccc(OC)c1C(=O)N1CCN(c2ccc(-c3ccc(N4CC(C(C)C(N)=O)OC4=O)cc3F)cn2)CC1. The largest absolute Gasteiger partial charge is 0.496 e. The quantitative estimate of drug-likeness (QED) is 0.432. The highest BCUT2D eigenvalue weighted by Crippen LogP contribution is 2.32. The highest BCUT2D eigenvalue weighted by Gasteiger charge is 2.38. The second kappa shape index (κ2) is 11.9. The third-order valence-electron chi connectivity index (χ3n) is 7.70. The first-order valence-corrected chi connectivity index (χ1v) is 13.5. The van der Waals surface area contributed by atoms with E-state index in [9.17, 15) is 14.4 Å². The molecule has 2 atom stereocenters. The molecule has 42 heavy (non-hydrogen) atoms. The van der Waals surface area contributed by atoms with Crippen LogP contribution in [-0.2, 0) is 9.53 Å². The van der Waals surface area contributed by atoms with E-state index in [1.54, 1.807) is 54.4 Å². The molecule has 3 aromatic rings. The van der Waals surface area contributed by atoms with Crippen LogP contribution in [-0.4, -0.2) is 80.8 Å². The van der Waals surface area contributed by atoms with Crippen molar-refractivity contribution in [1.82, 2.24) is 9.88 Å². The van der Waals surface area contributed by atoms with Crippen LogP contribution in [0.2, 0.25) is 0 Å².